The average molecular weight is 479 g/mol. The average Bonchev–Trinajstić information content (AvgIpc) is 3.18. The van der Waals surface area contributed by atoms with Gasteiger partial charge in [-0.25, -0.2) is 12.8 Å². The van der Waals surface area contributed by atoms with E-state index < -0.39 is 10.0 Å². The second-order valence-corrected chi connectivity index (χ2v) is 10.0. The van der Waals surface area contributed by atoms with Gasteiger partial charge in [-0.05, 0) is 36.4 Å². The minimum Gasteiger partial charge on any atom is -0.493 e. The molecule has 32 heavy (non-hydrogen) atoms. The van der Waals surface area contributed by atoms with Gasteiger partial charge in [-0.3, -0.25) is 0 Å². The quantitative estimate of drug-likeness (QED) is 0.363. The summed E-state index contributed by atoms with van der Waals surface area (Å²) >= 11 is 1.44. The largest absolute Gasteiger partial charge is 0.493 e. The third kappa shape index (κ3) is 4.96. The van der Waals surface area contributed by atoms with Crippen LogP contribution in [0.2, 0.25) is 0 Å². The molecule has 170 valence electrons. The molecular weight excluding hydrogens is 455 g/mol. The lowest BCUT2D eigenvalue weighted by atomic mass is 10.2. The molecule has 1 saturated heterocycles. The van der Waals surface area contributed by atoms with Crippen molar-refractivity contribution in [2.45, 2.75) is 10.1 Å². The molecule has 3 aromatic rings. The Hall–Kier alpha value is -2.47. The monoisotopic (exact) mass is 478 g/mol. The number of rotatable bonds is 8. The lowest BCUT2D eigenvalue weighted by Gasteiger charge is -2.26. The highest BCUT2D eigenvalue weighted by Crippen LogP contribution is 2.25. The highest BCUT2D eigenvalue weighted by molar-refractivity contribution is 7.99. The zero-order chi connectivity index (χ0) is 22.6. The van der Waals surface area contributed by atoms with Crippen molar-refractivity contribution in [3.63, 3.8) is 0 Å². The Morgan fingerprint density at radius 3 is 2.53 bits per heavy atom. The first-order chi connectivity index (χ1) is 15.5. The number of halogens is 1. The first kappa shape index (κ1) is 22.7. The van der Waals surface area contributed by atoms with Crippen LogP contribution in [0.1, 0.15) is 0 Å². The fraction of sp³-hybridized carbons (Fsp3) is 0.333. The molecule has 4 rings (SSSR count). The molecule has 1 aliphatic rings. The lowest BCUT2D eigenvalue weighted by Crippen LogP contribution is -2.40. The summed E-state index contributed by atoms with van der Waals surface area (Å²) in [6, 6.07) is 12.8. The van der Waals surface area contributed by atoms with Crippen molar-refractivity contribution < 1.29 is 22.3 Å². The van der Waals surface area contributed by atoms with Crippen molar-refractivity contribution in [3.05, 3.63) is 54.3 Å². The van der Waals surface area contributed by atoms with E-state index in [1.807, 2.05) is 0 Å². The van der Waals surface area contributed by atoms with Gasteiger partial charge in [0.1, 0.15) is 11.6 Å². The second kappa shape index (κ2) is 9.99. The van der Waals surface area contributed by atoms with Gasteiger partial charge in [0.15, 0.2) is 11.0 Å². The Labute approximate surface area is 190 Å². The molecule has 0 amide bonds. The molecule has 0 aliphatic carbocycles. The fourth-order valence-electron chi connectivity index (χ4n) is 3.25. The van der Waals surface area contributed by atoms with E-state index in [4.69, 9.17) is 9.47 Å². The first-order valence-corrected chi connectivity index (χ1v) is 12.5. The molecule has 0 saturated carbocycles. The summed E-state index contributed by atoms with van der Waals surface area (Å²) in [5, 5.41) is 8.88. The van der Waals surface area contributed by atoms with E-state index in [0.717, 1.165) is 0 Å². The van der Waals surface area contributed by atoms with Gasteiger partial charge in [0, 0.05) is 25.9 Å². The van der Waals surface area contributed by atoms with Crippen LogP contribution in [-0.4, -0.2) is 66.2 Å². The molecule has 11 heteroatoms. The highest BCUT2D eigenvalue weighted by Gasteiger charge is 2.26. The van der Waals surface area contributed by atoms with Gasteiger partial charge in [-0.2, -0.15) is 4.31 Å². The Morgan fingerprint density at radius 2 is 1.81 bits per heavy atom. The van der Waals surface area contributed by atoms with E-state index >= 15 is 0 Å². The number of hydrogen-bond donors (Lipinski definition) is 0. The molecule has 0 radical (unpaired) electrons. The van der Waals surface area contributed by atoms with Crippen LogP contribution in [0.4, 0.5) is 4.39 Å². The van der Waals surface area contributed by atoms with Crippen LogP contribution in [0.5, 0.6) is 5.75 Å². The van der Waals surface area contributed by atoms with E-state index in [9.17, 15) is 12.8 Å². The van der Waals surface area contributed by atoms with Crippen LogP contribution in [0.3, 0.4) is 0 Å². The molecule has 0 N–H and O–H groups in total. The molecule has 8 nitrogen and oxygen atoms in total. The minimum atomic E-state index is -3.52. The third-order valence-electron chi connectivity index (χ3n) is 4.96. The molecule has 2 aromatic carbocycles. The van der Waals surface area contributed by atoms with E-state index in [-0.39, 0.29) is 10.7 Å². The molecule has 0 bridgehead atoms. The first-order valence-electron chi connectivity index (χ1n) is 10.0. The topological polar surface area (TPSA) is 86.5 Å². The summed E-state index contributed by atoms with van der Waals surface area (Å²) in [5.74, 6) is 1.29. The number of nitrogens with zero attached hydrogens (tertiary/aromatic N) is 4. The van der Waals surface area contributed by atoms with Crippen LogP contribution < -0.4 is 4.74 Å². The van der Waals surface area contributed by atoms with Gasteiger partial charge in [-0.1, -0.05) is 23.9 Å². The van der Waals surface area contributed by atoms with Crippen molar-refractivity contribution in [3.8, 4) is 17.1 Å². The summed E-state index contributed by atoms with van der Waals surface area (Å²) in [4.78, 5) is 0.237. The number of thioether (sulfide) groups is 1. The van der Waals surface area contributed by atoms with Crippen LogP contribution >= 0.6 is 11.8 Å². The minimum absolute atomic E-state index is 0.237. The van der Waals surface area contributed by atoms with E-state index in [1.165, 1.54) is 22.1 Å². The smallest absolute Gasteiger partial charge is 0.243 e. The number of aromatic nitrogens is 3. The fourth-order valence-corrected chi connectivity index (χ4v) is 5.39. The molecular formula is C21H23FN4O4S2. The third-order valence-corrected chi connectivity index (χ3v) is 7.86. The van der Waals surface area contributed by atoms with E-state index in [0.29, 0.717) is 61.0 Å². The predicted molar refractivity (Wildman–Crippen MR) is 119 cm³/mol. The van der Waals surface area contributed by atoms with Gasteiger partial charge in [0.2, 0.25) is 10.0 Å². The second-order valence-electron chi connectivity index (χ2n) is 7.03. The van der Waals surface area contributed by atoms with Crippen molar-refractivity contribution in [1.82, 2.24) is 19.1 Å². The standard InChI is InChI=1S/C21H23FN4O4S2/c1-25-20(18-4-2-3-5-19(18)22)23-24-21(25)31-15-14-30-16-6-8-17(9-7-16)32(27,28)26-10-12-29-13-11-26/h2-9H,10-15H2,1H3. The van der Waals surface area contributed by atoms with Gasteiger partial charge in [-0.15, -0.1) is 10.2 Å². The SMILES string of the molecule is Cn1c(SCCOc2ccc(S(=O)(=O)N3CCOCC3)cc2)nnc1-c1ccccc1F. The molecule has 1 aliphatic heterocycles. The van der Waals surface area contributed by atoms with Crippen LogP contribution in [0.15, 0.2) is 58.6 Å². The Kier molecular flexibility index (Phi) is 7.09. The summed E-state index contributed by atoms with van der Waals surface area (Å²) < 4.78 is 53.5. The van der Waals surface area contributed by atoms with Crippen LogP contribution in [0, 0.1) is 5.82 Å². The predicted octanol–water partition coefficient (Wildman–Crippen LogP) is 2.81. The van der Waals surface area contributed by atoms with Crippen molar-refractivity contribution in [2.75, 3.05) is 38.7 Å². The van der Waals surface area contributed by atoms with Crippen LogP contribution in [-0.2, 0) is 21.8 Å². The molecule has 1 fully saturated rings. The zero-order valence-corrected chi connectivity index (χ0v) is 19.1. The Bertz CT molecular complexity index is 1160. The van der Waals surface area contributed by atoms with Crippen molar-refractivity contribution in [2.24, 2.45) is 7.05 Å². The van der Waals surface area contributed by atoms with Crippen LogP contribution in [0.25, 0.3) is 11.4 Å². The number of morpholine rings is 1. The summed E-state index contributed by atoms with van der Waals surface area (Å²) in [6.07, 6.45) is 0. The van der Waals surface area contributed by atoms with Crippen molar-refractivity contribution in [1.29, 1.82) is 0 Å². The maximum Gasteiger partial charge on any atom is 0.243 e. The number of ether oxygens (including phenoxy) is 2. The van der Waals surface area contributed by atoms with Gasteiger partial charge in [0.05, 0.1) is 30.3 Å². The molecule has 1 aromatic heterocycles. The summed E-state index contributed by atoms with van der Waals surface area (Å²) in [5.41, 5.74) is 0.401. The van der Waals surface area contributed by atoms with Gasteiger partial charge < -0.3 is 14.0 Å². The van der Waals surface area contributed by atoms with E-state index in [2.05, 4.69) is 10.2 Å². The summed E-state index contributed by atoms with van der Waals surface area (Å²) in [7, 11) is -1.73. The Morgan fingerprint density at radius 1 is 1.09 bits per heavy atom. The zero-order valence-electron chi connectivity index (χ0n) is 17.5. The molecule has 0 spiro atoms. The highest BCUT2D eigenvalue weighted by atomic mass is 32.2. The number of benzene rings is 2. The normalized spacial score (nSPS) is 15.1. The maximum atomic E-state index is 14.0. The van der Waals surface area contributed by atoms with Gasteiger partial charge >= 0.3 is 0 Å². The molecule has 2 heterocycles. The number of hydrogen-bond acceptors (Lipinski definition) is 7. The maximum absolute atomic E-state index is 14.0. The van der Waals surface area contributed by atoms with Crippen molar-refractivity contribution >= 4 is 21.8 Å². The molecule has 0 atom stereocenters. The Balaban J connectivity index is 1.31. The molecule has 0 unspecified atom stereocenters. The lowest BCUT2D eigenvalue weighted by molar-refractivity contribution is 0.0730. The van der Waals surface area contributed by atoms with Gasteiger partial charge in [0.25, 0.3) is 0 Å². The van der Waals surface area contributed by atoms with E-state index in [1.54, 1.807) is 54.1 Å². The summed E-state index contributed by atoms with van der Waals surface area (Å²) in [6.45, 7) is 1.93. The number of sulfonamides is 1.